The summed E-state index contributed by atoms with van der Waals surface area (Å²) >= 11 is 0. The van der Waals surface area contributed by atoms with Gasteiger partial charge >= 0.3 is 0 Å². The molecular formula is C26H28N4O2. The zero-order chi connectivity index (χ0) is 22.6. The first kappa shape index (κ1) is 21.8. The van der Waals surface area contributed by atoms with Crippen molar-refractivity contribution in [3.05, 3.63) is 89.0 Å². The van der Waals surface area contributed by atoms with E-state index in [0.717, 1.165) is 24.8 Å². The van der Waals surface area contributed by atoms with E-state index in [4.69, 9.17) is 5.26 Å². The minimum absolute atomic E-state index is 0.0294. The fraction of sp³-hybridized carbons (Fsp3) is 0.346. The molecule has 1 aliphatic heterocycles. The molecule has 0 radical (unpaired) electrons. The SMILES string of the molecule is Cc1cccc(CC2(CO)CCN(C(=O)c3cncn3Cc3ccc(C#N)cc3)CC2)c1. The Hall–Kier alpha value is -3.43. The molecule has 0 aliphatic carbocycles. The van der Waals surface area contributed by atoms with Crippen LogP contribution in [0.4, 0.5) is 0 Å². The fourth-order valence-electron chi connectivity index (χ4n) is 4.50. The van der Waals surface area contributed by atoms with E-state index < -0.39 is 0 Å². The summed E-state index contributed by atoms with van der Waals surface area (Å²) in [6.45, 7) is 3.96. The number of rotatable bonds is 6. The van der Waals surface area contributed by atoms with Crippen LogP contribution in [-0.4, -0.2) is 45.2 Å². The number of nitrogens with zero attached hydrogens (tertiary/aromatic N) is 4. The molecule has 4 rings (SSSR count). The highest BCUT2D eigenvalue weighted by Crippen LogP contribution is 2.35. The van der Waals surface area contributed by atoms with Crippen LogP contribution in [0, 0.1) is 23.7 Å². The molecule has 1 aromatic heterocycles. The van der Waals surface area contributed by atoms with E-state index >= 15 is 0 Å². The summed E-state index contributed by atoms with van der Waals surface area (Å²) in [4.78, 5) is 19.3. The molecule has 1 saturated heterocycles. The molecule has 2 heterocycles. The van der Waals surface area contributed by atoms with E-state index in [1.54, 1.807) is 24.7 Å². The number of aliphatic hydroxyl groups is 1. The number of imidazole rings is 1. The van der Waals surface area contributed by atoms with Gasteiger partial charge in [-0.1, -0.05) is 42.0 Å². The van der Waals surface area contributed by atoms with E-state index in [2.05, 4.69) is 42.2 Å². The van der Waals surface area contributed by atoms with Gasteiger partial charge in [0.15, 0.2) is 0 Å². The topological polar surface area (TPSA) is 82.2 Å². The number of hydrogen-bond acceptors (Lipinski definition) is 4. The van der Waals surface area contributed by atoms with Crippen molar-refractivity contribution in [1.29, 1.82) is 5.26 Å². The van der Waals surface area contributed by atoms with Gasteiger partial charge in [-0.2, -0.15) is 5.26 Å². The van der Waals surface area contributed by atoms with Crippen LogP contribution in [-0.2, 0) is 13.0 Å². The average molecular weight is 429 g/mol. The summed E-state index contributed by atoms with van der Waals surface area (Å²) in [5.41, 5.74) is 4.45. The smallest absolute Gasteiger partial charge is 0.272 e. The lowest BCUT2D eigenvalue weighted by Crippen LogP contribution is -2.46. The number of hydrogen-bond donors (Lipinski definition) is 1. The van der Waals surface area contributed by atoms with Crippen molar-refractivity contribution in [2.24, 2.45) is 5.41 Å². The van der Waals surface area contributed by atoms with E-state index in [-0.39, 0.29) is 17.9 Å². The maximum absolute atomic E-state index is 13.2. The molecule has 1 N–H and O–H groups in total. The molecule has 1 aliphatic rings. The first-order chi connectivity index (χ1) is 15.5. The molecule has 1 fully saturated rings. The maximum atomic E-state index is 13.2. The molecule has 0 unspecified atom stereocenters. The van der Waals surface area contributed by atoms with Gasteiger partial charge in [-0.3, -0.25) is 4.79 Å². The molecule has 0 spiro atoms. The Morgan fingerprint density at radius 2 is 1.91 bits per heavy atom. The van der Waals surface area contributed by atoms with Crippen LogP contribution in [0.5, 0.6) is 0 Å². The summed E-state index contributed by atoms with van der Waals surface area (Å²) in [5.74, 6) is -0.0294. The maximum Gasteiger partial charge on any atom is 0.272 e. The summed E-state index contributed by atoms with van der Waals surface area (Å²) in [5, 5.41) is 19.2. The fourth-order valence-corrected chi connectivity index (χ4v) is 4.50. The largest absolute Gasteiger partial charge is 0.396 e. The lowest BCUT2D eigenvalue weighted by molar-refractivity contribution is 0.0352. The van der Waals surface area contributed by atoms with Crippen molar-refractivity contribution in [3.8, 4) is 6.07 Å². The molecule has 0 bridgehead atoms. The van der Waals surface area contributed by atoms with Crippen LogP contribution in [0.1, 0.15) is 45.6 Å². The van der Waals surface area contributed by atoms with Gasteiger partial charge < -0.3 is 14.6 Å². The second-order valence-electron chi connectivity index (χ2n) is 8.83. The highest BCUT2D eigenvalue weighted by Gasteiger charge is 2.36. The Morgan fingerprint density at radius 3 is 2.56 bits per heavy atom. The van der Waals surface area contributed by atoms with Gasteiger partial charge in [0, 0.05) is 31.7 Å². The molecule has 2 aromatic carbocycles. The summed E-state index contributed by atoms with van der Waals surface area (Å²) in [7, 11) is 0. The molecule has 0 atom stereocenters. The number of carbonyl (C=O) groups is 1. The second-order valence-corrected chi connectivity index (χ2v) is 8.83. The zero-order valence-electron chi connectivity index (χ0n) is 18.4. The van der Waals surface area contributed by atoms with Crippen molar-refractivity contribution in [3.63, 3.8) is 0 Å². The van der Waals surface area contributed by atoms with Gasteiger partial charge in [0.1, 0.15) is 5.69 Å². The van der Waals surface area contributed by atoms with Crippen LogP contribution in [0.3, 0.4) is 0 Å². The summed E-state index contributed by atoms with van der Waals surface area (Å²) in [6.07, 6.45) is 5.65. The summed E-state index contributed by atoms with van der Waals surface area (Å²) < 4.78 is 1.85. The summed E-state index contributed by atoms with van der Waals surface area (Å²) in [6, 6.07) is 17.9. The number of aryl methyl sites for hydroxylation is 1. The van der Waals surface area contributed by atoms with Gasteiger partial charge in [-0.05, 0) is 49.4 Å². The number of aromatic nitrogens is 2. The number of benzene rings is 2. The zero-order valence-corrected chi connectivity index (χ0v) is 18.4. The van der Waals surface area contributed by atoms with Gasteiger partial charge in [0.25, 0.3) is 5.91 Å². The number of nitriles is 1. The van der Waals surface area contributed by atoms with Crippen molar-refractivity contribution in [2.75, 3.05) is 19.7 Å². The molecule has 1 amide bonds. The number of carbonyl (C=O) groups excluding carboxylic acids is 1. The predicted octanol–water partition coefficient (Wildman–Crippen LogP) is 3.57. The van der Waals surface area contributed by atoms with Crippen LogP contribution in [0.2, 0.25) is 0 Å². The molecule has 6 nitrogen and oxygen atoms in total. The normalized spacial score (nSPS) is 15.3. The van der Waals surface area contributed by atoms with Crippen LogP contribution in [0.15, 0.2) is 61.1 Å². The van der Waals surface area contributed by atoms with Crippen LogP contribution >= 0.6 is 0 Å². The molecular weight excluding hydrogens is 400 g/mol. The lowest BCUT2D eigenvalue weighted by atomic mass is 9.74. The average Bonchev–Trinajstić information content (AvgIpc) is 3.27. The first-order valence-electron chi connectivity index (χ1n) is 11.0. The Balaban J connectivity index is 1.42. The van der Waals surface area contributed by atoms with Gasteiger partial charge in [0.2, 0.25) is 0 Å². The Labute approximate surface area is 188 Å². The number of piperidine rings is 1. The van der Waals surface area contributed by atoms with Crippen molar-refractivity contribution >= 4 is 5.91 Å². The Bertz CT molecular complexity index is 1120. The molecule has 164 valence electrons. The van der Waals surface area contributed by atoms with E-state index in [1.165, 1.54) is 11.1 Å². The highest BCUT2D eigenvalue weighted by atomic mass is 16.3. The number of amides is 1. The van der Waals surface area contributed by atoms with E-state index in [0.29, 0.717) is 30.9 Å². The van der Waals surface area contributed by atoms with E-state index in [9.17, 15) is 9.90 Å². The quantitative estimate of drug-likeness (QED) is 0.651. The first-order valence-corrected chi connectivity index (χ1v) is 11.0. The standard InChI is InChI=1S/C26H28N4O2/c1-20-3-2-4-23(13-20)14-26(18-31)9-11-29(12-10-26)25(32)24-16-28-19-30(24)17-22-7-5-21(15-27)6-8-22/h2-8,13,16,19,31H,9-12,14,17-18H2,1H3. The minimum Gasteiger partial charge on any atom is -0.396 e. The lowest BCUT2D eigenvalue weighted by Gasteiger charge is -2.41. The van der Waals surface area contributed by atoms with Gasteiger partial charge in [-0.25, -0.2) is 4.98 Å². The predicted molar refractivity (Wildman–Crippen MR) is 122 cm³/mol. The molecule has 6 heteroatoms. The molecule has 0 saturated carbocycles. The van der Waals surface area contributed by atoms with Crippen LogP contribution in [0.25, 0.3) is 0 Å². The third kappa shape index (κ3) is 4.74. The second kappa shape index (κ2) is 9.37. The van der Waals surface area contributed by atoms with Crippen molar-refractivity contribution in [2.45, 2.75) is 32.7 Å². The monoisotopic (exact) mass is 428 g/mol. The van der Waals surface area contributed by atoms with Gasteiger partial charge in [0.05, 0.1) is 24.2 Å². The third-order valence-corrected chi connectivity index (χ3v) is 6.48. The van der Waals surface area contributed by atoms with Crippen molar-refractivity contribution in [1.82, 2.24) is 14.5 Å². The Morgan fingerprint density at radius 1 is 1.16 bits per heavy atom. The van der Waals surface area contributed by atoms with E-state index in [1.807, 2.05) is 21.6 Å². The third-order valence-electron chi connectivity index (χ3n) is 6.48. The molecule has 3 aromatic rings. The van der Waals surface area contributed by atoms with Gasteiger partial charge in [-0.15, -0.1) is 0 Å². The minimum atomic E-state index is -0.187. The van der Waals surface area contributed by atoms with Crippen molar-refractivity contribution < 1.29 is 9.90 Å². The Kier molecular flexibility index (Phi) is 6.38. The van der Waals surface area contributed by atoms with Crippen LogP contribution < -0.4 is 0 Å². The number of aliphatic hydroxyl groups excluding tert-OH is 1. The highest BCUT2D eigenvalue weighted by molar-refractivity contribution is 5.92. The number of likely N-dealkylation sites (tertiary alicyclic amines) is 1. The molecule has 32 heavy (non-hydrogen) atoms.